The molecule has 0 spiro atoms. The average molecular weight is 338 g/mol. The second-order valence-corrected chi connectivity index (χ2v) is 6.07. The number of hydrogen-bond acceptors (Lipinski definition) is 6. The average Bonchev–Trinajstić information content (AvgIpc) is 2.55. The van der Waals surface area contributed by atoms with Gasteiger partial charge in [-0.15, -0.1) is 0 Å². The molecule has 0 aromatic heterocycles. The van der Waals surface area contributed by atoms with Crippen LogP contribution in [0.2, 0.25) is 0 Å². The van der Waals surface area contributed by atoms with Crippen LogP contribution in [-0.2, 0) is 10.0 Å². The molecular formula is C14H14N2O6S. The number of benzene rings is 2. The number of ether oxygens (including phenoxy) is 2. The molecule has 0 heterocycles. The van der Waals surface area contributed by atoms with Crippen molar-refractivity contribution < 1.29 is 22.8 Å². The van der Waals surface area contributed by atoms with Gasteiger partial charge < -0.3 is 9.47 Å². The predicted molar refractivity (Wildman–Crippen MR) is 81.9 cm³/mol. The lowest BCUT2D eigenvalue weighted by molar-refractivity contribution is -0.387. The highest BCUT2D eigenvalue weighted by atomic mass is 32.2. The number of nitro groups is 1. The van der Waals surface area contributed by atoms with Crippen LogP contribution in [0, 0.1) is 10.1 Å². The molecule has 0 saturated heterocycles. The molecule has 2 aromatic carbocycles. The van der Waals surface area contributed by atoms with Crippen LogP contribution >= 0.6 is 0 Å². The Hall–Kier alpha value is -2.65. The monoisotopic (exact) mass is 338 g/mol. The van der Waals surface area contributed by atoms with Crippen molar-refractivity contribution >= 4 is 15.7 Å². The summed E-state index contributed by atoms with van der Waals surface area (Å²) in [5, 5.41) is 10.9. The number of nitrogens with zero attached hydrogens (tertiary/aromatic N) is 1. The highest BCUT2D eigenvalue weighted by Crippen LogP contribution is 2.22. The molecule has 9 heteroatoms. The maximum absolute atomic E-state index is 12.1. The standard InChI is InChI=1S/C14H14N2O6S/c1-21-11-6-8-12(9-7-11)22-10-15-23(19,20)14-5-3-2-4-13(14)16(17)18/h2-9,15H,10H2,1H3. The molecule has 0 aliphatic rings. The summed E-state index contributed by atoms with van der Waals surface area (Å²) in [6.45, 7) is -0.360. The third-order valence-corrected chi connectivity index (χ3v) is 4.32. The van der Waals surface area contributed by atoms with E-state index in [9.17, 15) is 18.5 Å². The molecule has 8 nitrogen and oxygen atoms in total. The Morgan fingerprint density at radius 3 is 2.30 bits per heavy atom. The van der Waals surface area contributed by atoms with Crippen LogP contribution in [0.1, 0.15) is 0 Å². The molecule has 0 fully saturated rings. The smallest absolute Gasteiger partial charge is 0.289 e. The molecule has 122 valence electrons. The lowest BCUT2D eigenvalue weighted by Gasteiger charge is -2.09. The summed E-state index contributed by atoms with van der Waals surface area (Å²) in [5.74, 6) is 1.06. The Balaban J connectivity index is 2.05. The number of nitrogens with one attached hydrogen (secondary N) is 1. The maximum atomic E-state index is 12.1. The van der Waals surface area contributed by atoms with E-state index in [0.29, 0.717) is 11.5 Å². The summed E-state index contributed by atoms with van der Waals surface area (Å²) in [5.41, 5.74) is -0.496. The number of sulfonamides is 1. The molecule has 0 amide bonds. The second-order valence-electron chi connectivity index (χ2n) is 4.34. The number of methoxy groups -OCH3 is 1. The van der Waals surface area contributed by atoms with E-state index in [1.54, 1.807) is 24.3 Å². The molecule has 1 N–H and O–H groups in total. The molecule has 0 aliphatic carbocycles. The first kappa shape index (κ1) is 16.7. The summed E-state index contributed by atoms with van der Waals surface area (Å²) >= 11 is 0. The van der Waals surface area contributed by atoms with Gasteiger partial charge in [-0.2, -0.15) is 4.72 Å². The minimum atomic E-state index is -4.06. The number of para-hydroxylation sites is 1. The van der Waals surface area contributed by atoms with Gasteiger partial charge in [-0.05, 0) is 30.3 Å². The topological polar surface area (TPSA) is 108 Å². The first-order valence-corrected chi connectivity index (χ1v) is 7.92. The maximum Gasteiger partial charge on any atom is 0.289 e. The summed E-state index contributed by atoms with van der Waals surface area (Å²) < 4.78 is 36.7. The Kier molecular flexibility index (Phi) is 5.14. The number of nitro benzene ring substituents is 1. The molecule has 0 aliphatic heterocycles. The van der Waals surface area contributed by atoms with Crippen molar-refractivity contribution in [1.82, 2.24) is 4.72 Å². The van der Waals surface area contributed by atoms with Crippen molar-refractivity contribution in [1.29, 1.82) is 0 Å². The van der Waals surface area contributed by atoms with E-state index in [1.807, 2.05) is 0 Å². The first-order valence-electron chi connectivity index (χ1n) is 6.44. The van der Waals surface area contributed by atoms with Crippen molar-refractivity contribution in [2.24, 2.45) is 0 Å². The third kappa shape index (κ3) is 4.18. The molecule has 0 bridgehead atoms. The van der Waals surface area contributed by atoms with Crippen LogP contribution in [-0.4, -0.2) is 27.2 Å². The highest BCUT2D eigenvalue weighted by molar-refractivity contribution is 7.89. The zero-order valence-corrected chi connectivity index (χ0v) is 12.9. The van der Waals surface area contributed by atoms with Crippen LogP contribution in [0.3, 0.4) is 0 Å². The van der Waals surface area contributed by atoms with Gasteiger partial charge in [0.2, 0.25) is 10.0 Å². The molecule has 23 heavy (non-hydrogen) atoms. The van der Waals surface area contributed by atoms with Crippen molar-refractivity contribution in [3.63, 3.8) is 0 Å². The first-order chi connectivity index (χ1) is 10.9. The van der Waals surface area contributed by atoms with Crippen molar-refractivity contribution in [2.45, 2.75) is 4.90 Å². The highest BCUT2D eigenvalue weighted by Gasteiger charge is 2.24. The second kappa shape index (κ2) is 7.07. The third-order valence-electron chi connectivity index (χ3n) is 2.90. The molecular weight excluding hydrogens is 324 g/mol. The van der Waals surface area contributed by atoms with Crippen LogP contribution in [0.5, 0.6) is 11.5 Å². The van der Waals surface area contributed by atoms with Gasteiger partial charge in [0.05, 0.1) is 12.0 Å². The van der Waals surface area contributed by atoms with Gasteiger partial charge >= 0.3 is 0 Å². The van der Waals surface area contributed by atoms with Gasteiger partial charge in [0.25, 0.3) is 5.69 Å². The predicted octanol–water partition coefficient (Wildman–Crippen LogP) is 1.92. The normalized spacial score (nSPS) is 11.0. The van der Waals surface area contributed by atoms with E-state index >= 15 is 0 Å². The Morgan fingerprint density at radius 1 is 1.09 bits per heavy atom. The van der Waals surface area contributed by atoms with Gasteiger partial charge in [0, 0.05) is 6.07 Å². The van der Waals surface area contributed by atoms with Gasteiger partial charge in [-0.1, -0.05) is 12.1 Å². The van der Waals surface area contributed by atoms with E-state index in [1.165, 1.54) is 19.2 Å². The Labute approximate surface area is 132 Å². The van der Waals surface area contributed by atoms with Crippen LogP contribution in [0.25, 0.3) is 0 Å². The van der Waals surface area contributed by atoms with Crippen molar-refractivity contribution in [3.8, 4) is 11.5 Å². The van der Waals surface area contributed by atoms with Crippen LogP contribution in [0.4, 0.5) is 5.69 Å². The molecule has 2 rings (SSSR count). The fourth-order valence-electron chi connectivity index (χ4n) is 1.78. The van der Waals surface area contributed by atoms with Crippen LogP contribution in [0.15, 0.2) is 53.4 Å². The quantitative estimate of drug-likeness (QED) is 0.469. The molecule has 0 radical (unpaired) electrons. The largest absolute Gasteiger partial charge is 0.497 e. The molecule has 0 atom stereocenters. The van der Waals surface area contributed by atoms with E-state index in [0.717, 1.165) is 12.1 Å². The van der Waals surface area contributed by atoms with Crippen molar-refractivity contribution in [2.75, 3.05) is 13.8 Å². The van der Waals surface area contributed by atoms with Gasteiger partial charge in [-0.3, -0.25) is 10.1 Å². The van der Waals surface area contributed by atoms with E-state index in [4.69, 9.17) is 9.47 Å². The summed E-state index contributed by atoms with van der Waals surface area (Å²) in [7, 11) is -2.54. The minimum Gasteiger partial charge on any atom is -0.497 e. The molecule has 0 unspecified atom stereocenters. The Bertz CT molecular complexity index is 789. The lowest BCUT2D eigenvalue weighted by atomic mass is 10.3. The fourth-order valence-corrected chi connectivity index (χ4v) is 2.82. The van der Waals surface area contributed by atoms with E-state index < -0.39 is 25.5 Å². The van der Waals surface area contributed by atoms with Gasteiger partial charge in [0.15, 0.2) is 11.6 Å². The fraction of sp³-hybridized carbons (Fsp3) is 0.143. The van der Waals surface area contributed by atoms with Gasteiger partial charge in [-0.25, -0.2) is 8.42 Å². The summed E-state index contributed by atoms with van der Waals surface area (Å²) in [6, 6.07) is 11.6. The Morgan fingerprint density at radius 2 is 1.70 bits per heavy atom. The molecule has 2 aromatic rings. The zero-order valence-electron chi connectivity index (χ0n) is 12.1. The van der Waals surface area contributed by atoms with Crippen molar-refractivity contribution in [3.05, 3.63) is 58.6 Å². The van der Waals surface area contributed by atoms with Crippen LogP contribution < -0.4 is 14.2 Å². The molecule has 0 saturated carbocycles. The zero-order chi connectivity index (χ0) is 16.9. The number of rotatable bonds is 7. The summed E-state index contributed by atoms with van der Waals surface area (Å²) in [4.78, 5) is 9.73. The van der Waals surface area contributed by atoms with Gasteiger partial charge in [0.1, 0.15) is 11.5 Å². The lowest BCUT2D eigenvalue weighted by Crippen LogP contribution is -2.28. The van der Waals surface area contributed by atoms with E-state index in [-0.39, 0.29) is 6.73 Å². The number of hydrogen-bond donors (Lipinski definition) is 1. The summed E-state index contributed by atoms with van der Waals surface area (Å²) in [6.07, 6.45) is 0. The SMILES string of the molecule is COc1ccc(OCNS(=O)(=O)c2ccccc2[N+](=O)[O-])cc1. The minimum absolute atomic E-state index is 0.360. The van der Waals surface area contributed by atoms with E-state index in [2.05, 4.69) is 4.72 Å².